The third-order valence-corrected chi connectivity index (χ3v) is 6.91. The summed E-state index contributed by atoms with van der Waals surface area (Å²) < 4.78 is 15.0. The van der Waals surface area contributed by atoms with E-state index < -0.39 is 0 Å². The predicted molar refractivity (Wildman–Crippen MR) is 136 cm³/mol. The van der Waals surface area contributed by atoms with Gasteiger partial charge in [0.05, 0.1) is 6.54 Å². The molecule has 0 aliphatic heterocycles. The summed E-state index contributed by atoms with van der Waals surface area (Å²) in [5.41, 5.74) is 3.77. The number of rotatable bonds is 6. The van der Waals surface area contributed by atoms with Crippen LogP contribution in [0.15, 0.2) is 77.8 Å². The molecule has 0 aliphatic rings. The highest BCUT2D eigenvalue weighted by atomic mass is 35.5. The summed E-state index contributed by atoms with van der Waals surface area (Å²) in [5, 5.41) is 3.33. The Bertz CT molecular complexity index is 1440. The van der Waals surface area contributed by atoms with Crippen molar-refractivity contribution in [3.63, 3.8) is 0 Å². The van der Waals surface area contributed by atoms with Crippen LogP contribution in [0, 0.1) is 19.7 Å². The quantitative estimate of drug-likeness (QED) is 0.365. The van der Waals surface area contributed by atoms with E-state index in [-0.39, 0.29) is 17.6 Å². The standard InChI is InChI=1S/C27H23ClFN3O2S/c1-17-18(2)35-27(31-26(34)22-4-3-5-23(28)14-22)32(17)16-20-6-10-21(11-7-20)25(33)30-15-19-8-12-24(29)13-9-19/h3-14H,15-16H2,1-2H3,(H,30,33). The molecule has 0 aliphatic carbocycles. The zero-order valence-electron chi connectivity index (χ0n) is 19.2. The Hall–Kier alpha value is -3.55. The van der Waals surface area contributed by atoms with Crippen LogP contribution in [0.2, 0.25) is 5.02 Å². The summed E-state index contributed by atoms with van der Waals surface area (Å²) in [5.74, 6) is -0.871. The molecule has 2 amide bonds. The summed E-state index contributed by atoms with van der Waals surface area (Å²) in [7, 11) is 0. The first kappa shape index (κ1) is 24.6. The van der Waals surface area contributed by atoms with Crippen molar-refractivity contribution in [2.75, 3.05) is 0 Å². The Labute approximate surface area is 211 Å². The second-order valence-corrected chi connectivity index (χ2v) is 9.66. The number of hydrogen-bond acceptors (Lipinski definition) is 3. The van der Waals surface area contributed by atoms with E-state index >= 15 is 0 Å². The molecule has 0 bridgehead atoms. The van der Waals surface area contributed by atoms with Gasteiger partial charge in [-0.3, -0.25) is 9.59 Å². The minimum Gasteiger partial charge on any atom is -0.348 e. The van der Waals surface area contributed by atoms with Gasteiger partial charge in [-0.15, -0.1) is 11.3 Å². The lowest BCUT2D eigenvalue weighted by Crippen LogP contribution is -2.23. The zero-order valence-corrected chi connectivity index (χ0v) is 20.8. The third-order valence-electron chi connectivity index (χ3n) is 5.58. The fourth-order valence-corrected chi connectivity index (χ4v) is 4.63. The molecule has 1 heterocycles. The van der Waals surface area contributed by atoms with E-state index in [1.807, 2.05) is 30.5 Å². The molecule has 1 aromatic heterocycles. The van der Waals surface area contributed by atoms with Crippen molar-refractivity contribution in [2.24, 2.45) is 4.99 Å². The average Bonchev–Trinajstić information content (AvgIpc) is 3.11. The molecule has 4 aromatic rings. The smallest absolute Gasteiger partial charge is 0.279 e. The summed E-state index contributed by atoms with van der Waals surface area (Å²) >= 11 is 7.47. The maximum Gasteiger partial charge on any atom is 0.279 e. The number of nitrogens with zero attached hydrogens (tertiary/aromatic N) is 2. The van der Waals surface area contributed by atoms with E-state index in [0.717, 1.165) is 21.7 Å². The zero-order chi connectivity index (χ0) is 24.9. The Morgan fingerprint density at radius 1 is 0.971 bits per heavy atom. The summed E-state index contributed by atoms with van der Waals surface area (Å²) in [6.07, 6.45) is 0. The summed E-state index contributed by atoms with van der Waals surface area (Å²) in [6, 6.07) is 20.0. The molecule has 5 nitrogen and oxygen atoms in total. The molecule has 1 N–H and O–H groups in total. The molecule has 0 spiro atoms. The van der Waals surface area contributed by atoms with Gasteiger partial charge in [0.15, 0.2) is 4.80 Å². The number of carbonyl (C=O) groups is 2. The monoisotopic (exact) mass is 507 g/mol. The molecule has 4 rings (SSSR count). The molecule has 0 fully saturated rings. The normalized spacial score (nSPS) is 11.5. The largest absolute Gasteiger partial charge is 0.348 e. The van der Waals surface area contributed by atoms with Crippen LogP contribution in [0.3, 0.4) is 0 Å². The number of hydrogen-bond donors (Lipinski definition) is 1. The lowest BCUT2D eigenvalue weighted by molar-refractivity contribution is 0.0949. The van der Waals surface area contributed by atoms with Crippen molar-refractivity contribution in [1.82, 2.24) is 9.88 Å². The third kappa shape index (κ3) is 6.12. The summed E-state index contributed by atoms with van der Waals surface area (Å²) in [4.78, 5) is 31.2. The fourth-order valence-electron chi connectivity index (χ4n) is 3.47. The van der Waals surface area contributed by atoms with Gasteiger partial charge in [-0.1, -0.05) is 41.9 Å². The molecule has 0 saturated heterocycles. The molecule has 178 valence electrons. The number of nitrogens with one attached hydrogen (secondary N) is 1. The van der Waals surface area contributed by atoms with Crippen LogP contribution in [0.1, 0.15) is 42.4 Å². The van der Waals surface area contributed by atoms with Gasteiger partial charge >= 0.3 is 0 Å². The van der Waals surface area contributed by atoms with Gasteiger partial charge in [0.1, 0.15) is 5.82 Å². The van der Waals surface area contributed by atoms with Crippen LogP contribution in [0.5, 0.6) is 0 Å². The first-order valence-electron chi connectivity index (χ1n) is 10.9. The second kappa shape index (κ2) is 10.8. The van der Waals surface area contributed by atoms with E-state index in [4.69, 9.17) is 11.6 Å². The highest BCUT2D eigenvalue weighted by Gasteiger charge is 2.11. The molecule has 0 saturated carbocycles. The number of carbonyl (C=O) groups excluding carboxylic acids is 2. The maximum absolute atomic E-state index is 13.0. The Balaban J connectivity index is 1.49. The Morgan fingerprint density at radius 2 is 1.66 bits per heavy atom. The molecular formula is C27H23ClFN3O2S. The van der Waals surface area contributed by atoms with Gasteiger partial charge in [0, 0.05) is 33.3 Å². The van der Waals surface area contributed by atoms with Crippen molar-refractivity contribution in [3.05, 3.63) is 121 Å². The maximum atomic E-state index is 13.0. The fraction of sp³-hybridized carbons (Fsp3) is 0.148. The number of aromatic nitrogens is 1. The van der Waals surface area contributed by atoms with E-state index in [1.54, 1.807) is 48.5 Å². The van der Waals surface area contributed by atoms with Crippen LogP contribution in [0.25, 0.3) is 0 Å². The van der Waals surface area contributed by atoms with Crippen molar-refractivity contribution in [2.45, 2.75) is 26.9 Å². The molecule has 3 aromatic carbocycles. The molecular weight excluding hydrogens is 485 g/mol. The number of benzene rings is 3. The molecule has 0 radical (unpaired) electrons. The van der Waals surface area contributed by atoms with Gasteiger partial charge in [-0.05, 0) is 67.4 Å². The molecule has 0 atom stereocenters. The first-order chi connectivity index (χ1) is 16.8. The van der Waals surface area contributed by atoms with Crippen molar-refractivity contribution in [3.8, 4) is 0 Å². The van der Waals surface area contributed by atoms with Crippen LogP contribution in [-0.4, -0.2) is 16.4 Å². The lowest BCUT2D eigenvalue weighted by Gasteiger charge is -2.09. The van der Waals surface area contributed by atoms with Gasteiger partial charge in [-0.25, -0.2) is 4.39 Å². The van der Waals surface area contributed by atoms with Crippen molar-refractivity contribution >= 4 is 34.8 Å². The highest BCUT2D eigenvalue weighted by molar-refractivity contribution is 7.09. The van der Waals surface area contributed by atoms with Gasteiger partial charge in [0.25, 0.3) is 11.8 Å². The first-order valence-corrected chi connectivity index (χ1v) is 12.1. The minimum atomic E-state index is -0.351. The Kier molecular flexibility index (Phi) is 7.58. The van der Waals surface area contributed by atoms with Crippen LogP contribution in [0.4, 0.5) is 4.39 Å². The SMILES string of the molecule is Cc1sc(=NC(=O)c2cccc(Cl)c2)n(Cc2ccc(C(=O)NCc3ccc(F)cc3)cc2)c1C. The van der Waals surface area contributed by atoms with E-state index in [9.17, 15) is 14.0 Å². The number of thiazole rings is 1. The van der Waals surface area contributed by atoms with Gasteiger partial charge in [0.2, 0.25) is 0 Å². The lowest BCUT2D eigenvalue weighted by atomic mass is 10.1. The predicted octanol–water partition coefficient (Wildman–Crippen LogP) is 5.68. The molecule has 35 heavy (non-hydrogen) atoms. The Morgan fingerprint density at radius 3 is 2.34 bits per heavy atom. The van der Waals surface area contributed by atoms with E-state index in [0.29, 0.717) is 34.0 Å². The number of aryl methyl sites for hydroxylation is 1. The average molecular weight is 508 g/mol. The van der Waals surface area contributed by atoms with Crippen LogP contribution >= 0.6 is 22.9 Å². The molecule has 0 unspecified atom stereocenters. The van der Waals surface area contributed by atoms with Gasteiger partial charge < -0.3 is 9.88 Å². The topological polar surface area (TPSA) is 63.5 Å². The van der Waals surface area contributed by atoms with Crippen molar-refractivity contribution < 1.29 is 14.0 Å². The summed E-state index contributed by atoms with van der Waals surface area (Å²) in [6.45, 7) is 4.81. The minimum absolute atomic E-state index is 0.209. The number of halogens is 2. The highest BCUT2D eigenvalue weighted by Crippen LogP contribution is 2.15. The number of amides is 2. The van der Waals surface area contributed by atoms with E-state index in [1.165, 1.54) is 23.5 Å². The second-order valence-electron chi connectivity index (χ2n) is 8.05. The van der Waals surface area contributed by atoms with Crippen molar-refractivity contribution in [1.29, 1.82) is 0 Å². The van der Waals surface area contributed by atoms with E-state index in [2.05, 4.69) is 10.3 Å². The molecule has 8 heteroatoms. The van der Waals surface area contributed by atoms with Crippen LogP contribution < -0.4 is 10.1 Å². The van der Waals surface area contributed by atoms with Crippen LogP contribution in [-0.2, 0) is 13.1 Å². The van der Waals surface area contributed by atoms with Gasteiger partial charge in [-0.2, -0.15) is 4.99 Å².